The molecular weight excluding hydrogens is 223 g/mol. The van der Waals surface area contributed by atoms with Gasteiger partial charge in [0.05, 0.1) is 13.5 Å². The molecule has 1 N–H and O–H groups in total. The molecule has 1 atom stereocenters. The third-order valence-corrected chi connectivity index (χ3v) is 1.92. The van der Waals surface area contributed by atoms with Crippen molar-refractivity contribution in [3.8, 4) is 0 Å². The number of aryl methyl sites for hydroxylation is 1. The second-order valence-electron chi connectivity index (χ2n) is 3.10. The summed E-state index contributed by atoms with van der Waals surface area (Å²) in [6.07, 6.45) is 2.47. The number of carbonyl (C=O) groups is 1. The first-order chi connectivity index (χ1) is 7.74. The monoisotopic (exact) mass is 242 g/mol. The lowest BCUT2D eigenvalue weighted by atomic mass is 10.1. The number of ether oxygens (including phenoxy) is 1. The molecule has 0 saturated carbocycles. The zero-order valence-electron chi connectivity index (χ0n) is 9.56. The molecule has 0 amide bonds. The molecule has 1 unspecified atom stereocenters. The summed E-state index contributed by atoms with van der Waals surface area (Å²) in [5, 5.41) is 7.53. The number of esters is 1. The summed E-state index contributed by atoms with van der Waals surface area (Å²) in [5.74, 6) is -0.129. The van der Waals surface area contributed by atoms with E-state index in [0.29, 0.717) is 6.42 Å². The topological polar surface area (TPSA) is 46.5 Å². The Kier molecular flexibility index (Phi) is 9.98. The quantitative estimate of drug-likeness (QED) is 0.648. The Hall–Kier alpha value is -0.920. The number of aliphatic hydroxyl groups excluding tert-OH is 1. The van der Waals surface area contributed by atoms with Crippen molar-refractivity contribution in [2.75, 3.05) is 13.5 Å². The molecule has 3 nitrogen and oxygen atoms in total. The van der Waals surface area contributed by atoms with Gasteiger partial charge >= 0.3 is 5.97 Å². The maximum Gasteiger partial charge on any atom is 0.305 e. The number of hydrogen-bond acceptors (Lipinski definition) is 3. The average Bonchev–Trinajstić information content (AvgIpc) is 2.31. The normalized spacial score (nSPS) is 8.94. The Balaban J connectivity index is 0.000000673. The minimum atomic E-state index is -0.129. The minimum absolute atomic E-state index is 0.129. The molecule has 1 aromatic carbocycles. The summed E-state index contributed by atoms with van der Waals surface area (Å²) in [4.78, 5) is 10.8. The van der Waals surface area contributed by atoms with Crippen molar-refractivity contribution in [2.24, 2.45) is 0 Å². The van der Waals surface area contributed by atoms with Crippen molar-refractivity contribution < 1.29 is 14.6 Å². The first-order valence-corrected chi connectivity index (χ1v) is 5.98. The summed E-state index contributed by atoms with van der Waals surface area (Å²) >= 11 is 0. The van der Waals surface area contributed by atoms with Gasteiger partial charge in [0.15, 0.2) is 0 Å². The maximum absolute atomic E-state index is 10.8. The van der Waals surface area contributed by atoms with E-state index in [2.05, 4.69) is 26.1 Å². The van der Waals surface area contributed by atoms with Crippen LogP contribution in [-0.4, -0.2) is 24.5 Å². The van der Waals surface area contributed by atoms with E-state index in [1.54, 1.807) is 0 Å². The molecule has 0 bridgehead atoms. The molecule has 0 aromatic heterocycles. The lowest BCUT2D eigenvalue weighted by Gasteiger charge is -1.99. The van der Waals surface area contributed by atoms with E-state index < -0.39 is 0 Å². The molecule has 1 rings (SSSR count). The lowest BCUT2D eigenvalue weighted by Crippen LogP contribution is -2.00. The molecule has 0 heterocycles. The Morgan fingerprint density at radius 1 is 1.38 bits per heavy atom. The highest BCUT2D eigenvalue weighted by molar-refractivity contribution is 7.16. The highest BCUT2D eigenvalue weighted by Gasteiger charge is 1.99. The summed E-state index contributed by atoms with van der Waals surface area (Å²) in [6, 6.07) is 10.1. The number of aliphatic hydroxyl groups is 1. The van der Waals surface area contributed by atoms with Gasteiger partial charge in [-0.2, -0.15) is 0 Å². The summed E-state index contributed by atoms with van der Waals surface area (Å²) < 4.78 is 4.55. The van der Waals surface area contributed by atoms with Crippen molar-refractivity contribution in [3.63, 3.8) is 0 Å². The van der Waals surface area contributed by atoms with Crippen LogP contribution in [0.4, 0.5) is 0 Å². The van der Waals surface area contributed by atoms with Crippen LogP contribution in [0.25, 0.3) is 0 Å². The van der Waals surface area contributed by atoms with E-state index in [1.807, 2.05) is 18.2 Å². The van der Waals surface area contributed by atoms with Gasteiger partial charge < -0.3 is 9.84 Å². The highest BCUT2D eigenvalue weighted by atomic mass is 31.0. The molecule has 0 saturated heterocycles. The van der Waals surface area contributed by atoms with Crippen molar-refractivity contribution in [2.45, 2.75) is 19.3 Å². The van der Waals surface area contributed by atoms with Crippen LogP contribution in [-0.2, 0) is 16.0 Å². The number of methoxy groups -OCH3 is 1. The Bertz CT molecular complexity index is 275. The van der Waals surface area contributed by atoms with E-state index >= 15 is 0 Å². The molecule has 16 heavy (non-hydrogen) atoms. The molecule has 0 spiro atoms. The van der Waals surface area contributed by atoms with Crippen LogP contribution >= 0.6 is 9.24 Å². The van der Waals surface area contributed by atoms with Crippen molar-refractivity contribution in [1.29, 1.82) is 0 Å². The van der Waals surface area contributed by atoms with Crippen molar-refractivity contribution >= 4 is 15.2 Å². The Morgan fingerprint density at radius 3 is 2.44 bits per heavy atom. The van der Waals surface area contributed by atoms with Gasteiger partial charge in [-0.1, -0.05) is 30.3 Å². The SMILES string of the molecule is COC(=O)CCCc1ccccc1.OCP. The van der Waals surface area contributed by atoms with E-state index in [1.165, 1.54) is 12.7 Å². The lowest BCUT2D eigenvalue weighted by molar-refractivity contribution is -0.140. The van der Waals surface area contributed by atoms with Crippen LogP contribution in [0.1, 0.15) is 18.4 Å². The van der Waals surface area contributed by atoms with Crippen LogP contribution in [0, 0.1) is 0 Å². The predicted molar refractivity (Wildman–Crippen MR) is 68.2 cm³/mol. The number of hydrogen-bond donors (Lipinski definition) is 1. The largest absolute Gasteiger partial charge is 0.469 e. The van der Waals surface area contributed by atoms with E-state index in [0.717, 1.165) is 12.8 Å². The summed E-state index contributed by atoms with van der Waals surface area (Å²) in [5.41, 5.74) is 1.27. The molecule has 0 aliphatic heterocycles. The predicted octanol–water partition coefficient (Wildman–Crippen LogP) is 1.99. The van der Waals surface area contributed by atoms with Gasteiger partial charge in [-0.25, -0.2) is 0 Å². The zero-order valence-corrected chi connectivity index (χ0v) is 10.7. The molecule has 0 aliphatic carbocycles. The summed E-state index contributed by atoms with van der Waals surface area (Å²) in [6.45, 7) is 0. The maximum atomic E-state index is 10.8. The Labute approximate surface area is 99.0 Å². The van der Waals surface area contributed by atoms with Gasteiger partial charge in [-0.05, 0) is 18.4 Å². The van der Waals surface area contributed by atoms with Gasteiger partial charge in [-0.3, -0.25) is 4.79 Å². The summed E-state index contributed by atoms with van der Waals surface area (Å²) in [7, 11) is 3.56. The molecule has 0 radical (unpaired) electrons. The molecular formula is C12H19O3P. The Morgan fingerprint density at radius 2 is 1.94 bits per heavy atom. The third kappa shape index (κ3) is 8.39. The van der Waals surface area contributed by atoms with E-state index in [9.17, 15) is 4.79 Å². The van der Waals surface area contributed by atoms with E-state index in [-0.39, 0.29) is 12.3 Å². The van der Waals surface area contributed by atoms with Crippen LogP contribution in [0.2, 0.25) is 0 Å². The van der Waals surface area contributed by atoms with Crippen molar-refractivity contribution in [1.82, 2.24) is 0 Å². The first kappa shape index (κ1) is 15.1. The third-order valence-electron chi connectivity index (χ3n) is 1.92. The second kappa shape index (κ2) is 10.6. The van der Waals surface area contributed by atoms with Crippen LogP contribution in [0.3, 0.4) is 0 Å². The average molecular weight is 242 g/mol. The zero-order chi connectivity index (χ0) is 12.2. The van der Waals surface area contributed by atoms with Crippen LogP contribution in [0.15, 0.2) is 30.3 Å². The van der Waals surface area contributed by atoms with Crippen molar-refractivity contribution in [3.05, 3.63) is 35.9 Å². The fourth-order valence-corrected chi connectivity index (χ4v) is 1.18. The number of carbonyl (C=O) groups excluding carboxylic acids is 1. The van der Waals surface area contributed by atoms with Crippen LogP contribution < -0.4 is 0 Å². The minimum Gasteiger partial charge on any atom is -0.469 e. The number of benzene rings is 1. The van der Waals surface area contributed by atoms with Gasteiger partial charge in [0.2, 0.25) is 0 Å². The molecule has 0 fully saturated rings. The molecule has 90 valence electrons. The van der Waals surface area contributed by atoms with E-state index in [4.69, 9.17) is 5.11 Å². The smallest absolute Gasteiger partial charge is 0.305 e. The number of rotatable bonds is 4. The highest BCUT2D eigenvalue weighted by Crippen LogP contribution is 2.04. The fourth-order valence-electron chi connectivity index (χ4n) is 1.18. The van der Waals surface area contributed by atoms with Gasteiger partial charge in [0.25, 0.3) is 0 Å². The van der Waals surface area contributed by atoms with Gasteiger partial charge in [0, 0.05) is 6.42 Å². The standard InChI is InChI=1S/C11H14O2.CH5OP/c1-13-11(12)9-5-8-10-6-3-2-4-7-10;2-1-3/h2-4,6-7H,5,8-9H2,1H3;2H,1,3H2. The van der Waals surface area contributed by atoms with Crippen LogP contribution in [0.5, 0.6) is 0 Å². The molecule has 0 aliphatic rings. The molecule has 1 aromatic rings. The molecule has 4 heteroatoms. The first-order valence-electron chi connectivity index (χ1n) is 5.16. The second-order valence-corrected chi connectivity index (χ2v) is 3.46. The van der Waals surface area contributed by atoms with Gasteiger partial charge in [0.1, 0.15) is 0 Å². The fraction of sp³-hybridized carbons (Fsp3) is 0.417. The van der Waals surface area contributed by atoms with Gasteiger partial charge in [-0.15, -0.1) is 9.24 Å².